The summed E-state index contributed by atoms with van der Waals surface area (Å²) in [5.74, 6) is -0.285. The van der Waals surface area contributed by atoms with E-state index in [1.54, 1.807) is 12.1 Å². The Morgan fingerprint density at radius 3 is 2.46 bits per heavy atom. The fourth-order valence-electron chi connectivity index (χ4n) is 2.23. The maximum Gasteiger partial charge on any atom is 0.271 e. The third-order valence-corrected chi connectivity index (χ3v) is 5.94. The molecule has 3 rings (SSSR count). The first-order valence-electron chi connectivity index (χ1n) is 8.02. The summed E-state index contributed by atoms with van der Waals surface area (Å²) in [5.41, 5.74) is 0.810. The second kappa shape index (κ2) is 8.36. The van der Waals surface area contributed by atoms with Crippen molar-refractivity contribution in [2.24, 2.45) is 0 Å². The molecule has 2 aromatic carbocycles. The van der Waals surface area contributed by atoms with Crippen molar-refractivity contribution in [3.63, 3.8) is 0 Å². The summed E-state index contributed by atoms with van der Waals surface area (Å²) in [6.07, 6.45) is 0. The number of thiazole rings is 1. The van der Waals surface area contributed by atoms with Crippen molar-refractivity contribution in [1.29, 1.82) is 0 Å². The fourth-order valence-corrected chi connectivity index (χ4v) is 4.17. The van der Waals surface area contributed by atoms with Crippen molar-refractivity contribution in [1.82, 2.24) is 10.3 Å². The molecule has 0 saturated heterocycles. The smallest absolute Gasteiger partial charge is 0.271 e. The normalized spacial score (nSPS) is 11.1. The SMILES string of the molecule is COc1ccc(S(=O)(=O)Nc2nc(C(=O)NCc3ccc(F)cc3)cs2)cc1. The molecule has 0 fully saturated rings. The molecule has 146 valence electrons. The maximum atomic E-state index is 12.9. The number of sulfonamides is 1. The molecule has 0 spiro atoms. The number of aromatic nitrogens is 1. The zero-order valence-electron chi connectivity index (χ0n) is 14.7. The van der Waals surface area contributed by atoms with E-state index in [9.17, 15) is 17.6 Å². The molecule has 1 amide bonds. The van der Waals surface area contributed by atoms with Crippen molar-refractivity contribution < 1.29 is 22.3 Å². The Morgan fingerprint density at radius 1 is 1.14 bits per heavy atom. The van der Waals surface area contributed by atoms with E-state index in [0.29, 0.717) is 5.75 Å². The van der Waals surface area contributed by atoms with Crippen LogP contribution in [-0.4, -0.2) is 26.4 Å². The quantitative estimate of drug-likeness (QED) is 0.611. The first-order valence-corrected chi connectivity index (χ1v) is 10.4. The standard InChI is InChI=1S/C18H16FN3O4S2/c1-26-14-6-8-15(9-7-14)28(24,25)22-18-21-16(11-27-18)17(23)20-10-12-2-4-13(19)5-3-12/h2-9,11H,10H2,1H3,(H,20,23)(H,21,22). The van der Waals surface area contributed by atoms with Crippen molar-refractivity contribution in [3.8, 4) is 5.75 Å². The van der Waals surface area contributed by atoms with Crippen LogP contribution in [0.1, 0.15) is 16.1 Å². The van der Waals surface area contributed by atoms with Gasteiger partial charge in [0.2, 0.25) is 0 Å². The molecule has 10 heteroatoms. The van der Waals surface area contributed by atoms with Gasteiger partial charge in [0, 0.05) is 11.9 Å². The number of hydrogen-bond acceptors (Lipinski definition) is 6. The van der Waals surface area contributed by atoms with E-state index in [2.05, 4.69) is 15.0 Å². The van der Waals surface area contributed by atoms with Gasteiger partial charge in [0.05, 0.1) is 12.0 Å². The molecule has 0 aliphatic heterocycles. The van der Waals surface area contributed by atoms with Crippen LogP contribution in [0.15, 0.2) is 58.8 Å². The van der Waals surface area contributed by atoms with E-state index in [-0.39, 0.29) is 28.1 Å². The molecule has 1 heterocycles. The summed E-state index contributed by atoms with van der Waals surface area (Å²) < 4.78 is 45.0. The van der Waals surface area contributed by atoms with Gasteiger partial charge in [-0.15, -0.1) is 11.3 Å². The summed E-state index contributed by atoms with van der Waals surface area (Å²) in [6, 6.07) is 11.6. The van der Waals surface area contributed by atoms with Gasteiger partial charge in [-0.3, -0.25) is 9.52 Å². The van der Waals surface area contributed by atoms with Crippen LogP contribution < -0.4 is 14.8 Å². The van der Waals surface area contributed by atoms with E-state index in [0.717, 1.165) is 16.9 Å². The molecule has 1 aromatic heterocycles. The molecule has 0 atom stereocenters. The number of anilines is 1. The lowest BCUT2D eigenvalue weighted by atomic mass is 10.2. The maximum absolute atomic E-state index is 12.9. The largest absolute Gasteiger partial charge is 0.497 e. The molecule has 7 nitrogen and oxygen atoms in total. The van der Waals surface area contributed by atoms with Gasteiger partial charge in [0.15, 0.2) is 5.13 Å². The number of ether oxygens (including phenoxy) is 1. The molecule has 0 unspecified atom stereocenters. The number of methoxy groups -OCH3 is 1. The molecule has 2 N–H and O–H groups in total. The first-order chi connectivity index (χ1) is 13.4. The number of nitrogens with one attached hydrogen (secondary N) is 2. The van der Waals surface area contributed by atoms with Gasteiger partial charge >= 0.3 is 0 Å². The van der Waals surface area contributed by atoms with Gasteiger partial charge < -0.3 is 10.1 Å². The van der Waals surface area contributed by atoms with Crippen LogP contribution in [0.3, 0.4) is 0 Å². The van der Waals surface area contributed by atoms with Gasteiger partial charge in [-0.05, 0) is 42.0 Å². The zero-order chi connectivity index (χ0) is 20.1. The highest BCUT2D eigenvalue weighted by Crippen LogP contribution is 2.22. The monoisotopic (exact) mass is 421 g/mol. The van der Waals surface area contributed by atoms with Crippen molar-refractivity contribution >= 4 is 32.4 Å². The number of nitrogens with zero attached hydrogens (tertiary/aromatic N) is 1. The minimum Gasteiger partial charge on any atom is -0.497 e. The van der Waals surface area contributed by atoms with E-state index in [1.807, 2.05) is 0 Å². The number of carbonyl (C=O) groups is 1. The van der Waals surface area contributed by atoms with Crippen molar-refractivity contribution in [2.45, 2.75) is 11.4 Å². The number of amides is 1. The van der Waals surface area contributed by atoms with E-state index in [4.69, 9.17) is 4.74 Å². The topological polar surface area (TPSA) is 97.4 Å². The molecule has 3 aromatic rings. The number of rotatable bonds is 7. The molecule has 28 heavy (non-hydrogen) atoms. The second-order valence-electron chi connectivity index (χ2n) is 5.63. The highest BCUT2D eigenvalue weighted by molar-refractivity contribution is 7.93. The van der Waals surface area contributed by atoms with Crippen LogP contribution in [0.4, 0.5) is 9.52 Å². The average molecular weight is 421 g/mol. The zero-order valence-corrected chi connectivity index (χ0v) is 16.3. The van der Waals surface area contributed by atoms with E-state index < -0.39 is 15.9 Å². The highest BCUT2D eigenvalue weighted by atomic mass is 32.2. The van der Waals surface area contributed by atoms with Crippen LogP contribution in [0, 0.1) is 5.82 Å². The minimum absolute atomic E-state index is 0.0470. The number of benzene rings is 2. The van der Waals surface area contributed by atoms with Gasteiger partial charge in [0.25, 0.3) is 15.9 Å². The first kappa shape index (κ1) is 19.8. The Bertz CT molecular complexity index is 1060. The Hall–Kier alpha value is -2.98. The van der Waals surface area contributed by atoms with Crippen LogP contribution in [0.5, 0.6) is 5.75 Å². The Balaban J connectivity index is 1.63. The minimum atomic E-state index is -3.83. The molecule has 0 radical (unpaired) electrons. The van der Waals surface area contributed by atoms with Crippen LogP contribution in [0.25, 0.3) is 0 Å². The predicted molar refractivity (Wildman–Crippen MR) is 103 cm³/mol. The lowest BCUT2D eigenvalue weighted by molar-refractivity contribution is 0.0946. The van der Waals surface area contributed by atoms with Crippen LogP contribution in [-0.2, 0) is 16.6 Å². The fraction of sp³-hybridized carbons (Fsp3) is 0.111. The number of hydrogen-bond donors (Lipinski definition) is 2. The van der Waals surface area contributed by atoms with E-state index >= 15 is 0 Å². The third kappa shape index (κ3) is 4.84. The molecular weight excluding hydrogens is 405 g/mol. The third-order valence-electron chi connectivity index (χ3n) is 3.69. The van der Waals surface area contributed by atoms with Crippen molar-refractivity contribution in [2.75, 3.05) is 11.8 Å². The second-order valence-corrected chi connectivity index (χ2v) is 8.17. The van der Waals surface area contributed by atoms with Gasteiger partial charge in [0.1, 0.15) is 17.3 Å². The van der Waals surface area contributed by atoms with Gasteiger partial charge in [-0.1, -0.05) is 12.1 Å². The number of halogens is 1. The van der Waals surface area contributed by atoms with E-state index in [1.165, 1.54) is 48.9 Å². The summed E-state index contributed by atoms with van der Waals surface area (Å²) in [6.45, 7) is 0.198. The lowest BCUT2D eigenvalue weighted by Crippen LogP contribution is -2.23. The lowest BCUT2D eigenvalue weighted by Gasteiger charge is -2.06. The Kier molecular flexibility index (Phi) is 5.90. The van der Waals surface area contributed by atoms with Crippen molar-refractivity contribution in [3.05, 3.63) is 71.0 Å². The van der Waals surface area contributed by atoms with Crippen LogP contribution >= 0.6 is 11.3 Å². The molecule has 0 bridgehead atoms. The van der Waals surface area contributed by atoms with Gasteiger partial charge in [-0.2, -0.15) is 0 Å². The summed E-state index contributed by atoms with van der Waals surface area (Å²) in [5, 5.41) is 4.17. The predicted octanol–water partition coefficient (Wildman–Crippen LogP) is 3.02. The molecular formula is C18H16FN3O4S2. The average Bonchev–Trinajstić information content (AvgIpc) is 3.15. The van der Waals surface area contributed by atoms with Gasteiger partial charge in [-0.25, -0.2) is 17.8 Å². The molecule has 0 saturated carbocycles. The Morgan fingerprint density at radius 2 is 1.82 bits per heavy atom. The summed E-state index contributed by atoms with van der Waals surface area (Å²) in [7, 11) is -2.35. The highest BCUT2D eigenvalue weighted by Gasteiger charge is 2.18. The molecule has 0 aliphatic rings. The summed E-state index contributed by atoms with van der Waals surface area (Å²) in [4.78, 5) is 16.2. The number of carbonyl (C=O) groups excluding carboxylic acids is 1. The Labute approximate surface area is 165 Å². The van der Waals surface area contributed by atoms with Crippen LogP contribution in [0.2, 0.25) is 0 Å². The molecule has 0 aliphatic carbocycles. The summed E-state index contributed by atoms with van der Waals surface area (Å²) >= 11 is 0.994.